The number of fused-ring (bicyclic) bond motifs is 3. The molecule has 0 aliphatic heterocycles. The number of carbonyl (C=O) groups excluding carboxylic acids is 1. The van der Waals surface area contributed by atoms with Gasteiger partial charge in [-0.15, -0.1) is 0 Å². The number of likely N-dealkylation sites (N-methyl/N-ethyl adjacent to an activating group) is 1. The van der Waals surface area contributed by atoms with Gasteiger partial charge in [-0.05, 0) is 53.1 Å². The molecule has 0 fully saturated rings. The van der Waals surface area contributed by atoms with E-state index < -0.39 is 18.1 Å². The molecule has 3 aromatic rings. The molecule has 6 heteroatoms. The highest BCUT2D eigenvalue weighted by Gasteiger charge is 2.31. The molecule has 1 N–H and O–H groups in total. The molecule has 32 heavy (non-hydrogen) atoms. The molecule has 1 aromatic heterocycles. The highest BCUT2D eigenvalue weighted by atomic mass is 16.6. The number of rotatable bonds is 8. The van der Waals surface area contributed by atoms with Crippen LogP contribution in [0.4, 0.5) is 4.79 Å². The number of benzene rings is 2. The summed E-state index contributed by atoms with van der Waals surface area (Å²) in [4.78, 5) is 29.8. The molecule has 0 bridgehead atoms. The predicted octanol–water partition coefficient (Wildman–Crippen LogP) is 4.74. The molecule has 0 spiro atoms. The van der Waals surface area contributed by atoms with Gasteiger partial charge in [0.2, 0.25) is 0 Å². The van der Waals surface area contributed by atoms with E-state index >= 15 is 0 Å². The van der Waals surface area contributed by atoms with Gasteiger partial charge in [0.15, 0.2) is 0 Å². The number of ether oxygens (including phenoxy) is 1. The molecule has 4 rings (SSSR count). The van der Waals surface area contributed by atoms with Crippen molar-refractivity contribution >= 4 is 12.1 Å². The minimum absolute atomic E-state index is 0.0615. The van der Waals surface area contributed by atoms with Gasteiger partial charge in [0.25, 0.3) is 0 Å². The lowest BCUT2D eigenvalue weighted by atomic mass is 9.98. The van der Waals surface area contributed by atoms with E-state index in [2.05, 4.69) is 29.2 Å². The number of amides is 1. The van der Waals surface area contributed by atoms with E-state index in [9.17, 15) is 14.7 Å². The van der Waals surface area contributed by atoms with Crippen molar-refractivity contribution in [1.82, 2.24) is 9.88 Å². The van der Waals surface area contributed by atoms with E-state index in [1.807, 2.05) is 36.4 Å². The molecule has 1 aliphatic rings. The minimum atomic E-state index is -1.04. The number of pyridine rings is 1. The quantitative estimate of drug-likeness (QED) is 0.558. The second-order valence-electron chi connectivity index (χ2n) is 8.02. The molecular formula is C26H26N2O4. The summed E-state index contributed by atoms with van der Waals surface area (Å²) in [5, 5.41) is 9.67. The number of hydrogen-bond acceptors (Lipinski definition) is 4. The van der Waals surface area contributed by atoms with Crippen LogP contribution in [0, 0.1) is 0 Å². The van der Waals surface area contributed by atoms with Crippen LogP contribution in [0.25, 0.3) is 11.1 Å². The van der Waals surface area contributed by atoms with Crippen LogP contribution < -0.4 is 0 Å². The fourth-order valence-corrected chi connectivity index (χ4v) is 4.35. The maximum atomic E-state index is 12.7. The number of aromatic nitrogens is 1. The molecule has 1 amide bonds. The highest BCUT2D eigenvalue weighted by molar-refractivity contribution is 5.81. The van der Waals surface area contributed by atoms with Crippen LogP contribution in [0.15, 0.2) is 73.1 Å². The molecule has 0 radical (unpaired) electrons. The maximum absolute atomic E-state index is 12.7. The van der Waals surface area contributed by atoms with Gasteiger partial charge in [-0.1, -0.05) is 54.6 Å². The van der Waals surface area contributed by atoms with E-state index in [4.69, 9.17) is 4.74 Å². The van der Waals surface area contributed by atoms with Crippen LogP contribution >= 0.6 is 0 Å². The molecular weight excluding hydrogens is 404 g/mol. The summed E-state index contributed by atoms with van der Waals surface area (Å²) in [6, 6.07) is 19.1. The topological polar surface area (TPSA) is 79.7 Å². The number of aryl methyl sites for hydroxylation is 1. The standard InChI is InChI=1S/C26H26N2O4/c1-28(24(25(29)30)14-6-8-18-9-7-15-27-16-18)26(31)32-17-23-21-12-4-2-10-19(21)20-11-3-5-13-22(20)23/h2-5,7,9-13,15-16,23-24H,6,8,14,17H2,1H3,(H,29,30)/t24-/m1/s1. The normalized spacial score (nSPS) is 13.2. The second kappa shape index (κ2) is 9.64. The van der Waals surface area contributed by atoms with E-state index in [0.29, 0.717) is 19.3 Å². The first kappa shape index (κ1) is 21.6. The van der Waals surface area contributed by atoms with Gasteiger partial charge < -0.3 is 9.84 Å². The van der Waals surface area contributed by atoms with E-state index in [-0.39, 0.29) is 12.5 Å². The van der Waals surface area contributed by atoms with Gasteiger partial charge in [-0.2, -0.15) is 0 Å². The second-order valence-corrected chi connectivity index (χ2v) is 8.02. The number of carboxylic acids is 1. The Bertz CT molecular complexity index is 1050. The van der Waals surface area contributed by atoms with Crippen LogP contribution in [0.2, 0.25) is 0 Å². The van der Waals surface area contributed by atoms with Gasteiger partial charge in [0.1, 0.15) is 12.6 Å². The summed E-state index contributed by atoms with van der Waals surface area (Å²) in [6.07, 6.45) is 4.52. The van der Waals surface area contributed by atoms with Crippen LogP contribution in [-0.2, 0) is 16.0 Å². The van der Waals surface area contributed by atoms with E-state index in [1.54, 1.807) is 12.4 Å². The van der Waals surface area contributed by atoms with Crippen LogP contribution in [0.5, 0.6) is 0 Å². The number of carboxylic acid groups (broad SMARTS) is 1. The average Bonchev–Trinajstić information content (AvgIpc) is 3.14. The minimum Gasteiger partial charge on any atom is -0.480 e. The average molecular weight is 431 g/mol. The summed E-state index contributed by atoms with van der Waals surface area (Å²) in [5.41, 5.74) is 5.58. The summed E-state index contributed by atoms with van der Waals surface area (Å²) in [5.74, 6) is -1.10. The Balaban J connectivity index is 1.39. The zero-order chi connectivity index (χ0) is 22.5. The monoisotopic (exact) mass is 430 g/mol. The van der Waals surface area contributed by atoms with Gasteiger partial charge >= 0.3 is 12.1 Å². The Kier molecular flexibility index (Phi) is 6.50. The summed E-state index contributed by atoms with van der Waals surface area (Å²) >= 11 is 0. The smallest absolute Gasteiger partial charge is 0.410 e. The number of nitrogens with zero attached hydrogens (tertiary/aromatic N) is 2. The molecule has 0 saturated heterocycles. The Morgan fingerprint density at radius 1 is 1.03 bits per heavy atom. The number of aliphatic carboxylic acids is 1. The van der Waals surface area contributed by atoms with Gasteiger partial charge in [0, 0.05) is 25.4 Å². The fraction of sp³-hybridized carbons (Fsp3) is 0.269. The summed E-state index contributed by atoms with van der Waals surface area (Å²) in [6.45, 7) is 0.166. The van der Waals surface area contributed by atoms with Crippen molar-refractivity contribution in [3.8, 4) is 11.1 Å². The first-order chi connectivity index (χ1) is 15.6. The van der Waals surface area contributed by atoms with Crippen molar-refractivity contribution in [2.24, 2.45) is 0 Å². The molecule has 0 saturated carbocycles. The summed E-state index contributed by atoms with van der Waals surface area (Å²) in [7, 11) is 1.49. The van der Waals surface area contributed by atoms with Crippen molar-refractivity contribution in [2.75, 3.05) is 13.7 Å². The van der Waals surface area contributed by atoms with Crippen LogP contribution in [-0.4, -0.2) is 46.7 Å². The summed E-state index contributed by atoms with van der Waals surface area (Å²) < 4.78 is 5.61. The molecule has 1 aliphatic carbocycles. The fourth-order valence-electron chi connectivity index (χ4n) is 4.35. The number of carbonyl (C=O) groups is 2. The first-order valence-corrected chi connectivity index (χ1v) is 10.8. The van der Waals surface area contributed by atoms with Crippen LogP contribution in [0.1, 0.15) is 35.4 Å². The predicted molar refractivity (Wildman–Crippen MR) is 121 cm³/mol. The highest BCUT2D eigenvalue weighted by Crippen LogP contribution is 2.44. The lowest BCUT2D eigenvalue weighted by molar-refractivity contribution is -0.142. The Hall–Kier alpha value is -3.67. The SMILES string of the molecule is CN(C(=O)OCC1c2ccccc2-c2ccccc21)[C@H](CCCc1cccnc1)C(=O)O. The largest absolute Gasteiger partial charge is 0.480 e. The van der Waals surface area contributed by atoms with Crippen molar-refractivity contribution in [2.45, 2.75) is 31.2 Å². The van der Waals surface area contributed by atoms with Crippen molar-refractivity contribution in [1.29, 1.82) is 0 Å². The number of hydrogen-bond donors (Lipinski definition) is 1. The Morgan fingerprint density at radius 2 is 1.69 bits per heavy atom. The molecule has 2 aromatic carbocycles. The zero-order valence-corrected chi connectivity index (χ0v) is 18.0. The van der Waals surface area contributed by atoms with Crippen LogP contribution in [0.3, 0.4) is 0 Å². The van der Waals surface area contributed by atoms with Crippen molar-refractivity contribution < 1.29 is 19.4 Å². The maximum Gasteiger partial charge on any atom is 0.410 e. The molecule has 1 atom stereocenters. The third-order valence-corrected chi connectivity index (χ3v) is 6.04. The molecule has 164 valence electrons. The van der Waals surface area contributed by atoms with Crippen molar-refractivity contribution in [3.05, 3.63) is 89.7 Å². The third-order valence-electron chi connectivity index (χ3n) is 6.04. The Morgan fingerprint density at radius 3 is 2.28 bits per heavy atom. The molecule has 0 unspecified atom stereocenters. The molecule has 1 heterocycles. The van der Waals surface area contributed by atoms with Gasteiger partial charge in [-0.25, -0.2) is 9.59 Å². The lowest BCUT2D eigenvalue weighted by Gasteiger charge is -2.25. The molecule has 6 nitrogen and oxygen atoms in total. The van der Waals surface area contributed by atoms with Gasteiger partial charge in [-0.3, -0.25) is 9.88 Å². The van der Waals surface area contributed by atoms with Crippen molar-refractivity contribution in [3.63, 3.8) is 0 Å². The van der Waals surface area contributed by atoms with E-state index in [1.165, 1.54) is 11.9 Å². The first-order valence-electron chi connectivity index (χ1n) is 10.8. The lowest BCUT2D eigenvalue weighted by Crippen LogP contribution is -2.43. The zero-order valence-electron chi connectivity index (χ0n) is 18.0. The van der Waals surface area contributed by atoms with Gasteiger partial charge in [0.05, 0.1) is 0 Å². The Labute approximate surface area is 187 Å². The third kappa shape index (κ3) is 4.49. The van der Waals surface area contributed by atoms with E-state index in [0.717, 1.165) is 27.8 Å².